The predicted molar refractivity (Wildman–Crippen MR) is 92.8 cm³/mol. The summed E-state index contributed by atoms with van der Waals surface area (Å²) in [5.41, 5.74) is 1.65. The van der Waals surface area contributed by atoms with Crippen LogP contribution in [0.5, 0.6) is 5.75 Å². The van der Waals surface area contributed by atoms with E-state index < -0.39 is 0 Å². The third kappa shape index (κ3) is 4.24. The number of aryl methyl sites for hydroxylation is 1. The van der Waals surface area contributed by atoms with Gasteiger partial charge < -0.3 is 14.8 Å². The summed E-state index contributed by atoms with van der Waals surface area (Å²) in [6.45, 7) is 3.07. The number of hydrogen-bond acceptors (Lipinski definition) is 4. The molecule has 126 valence electrons. The van der Waals surface area contributed by atoms with Crippen LogP contribution in [0.2, 0.25) is 5.02 Å². The average Bonchev–Trinajstić information content (AvgIpc) is 3.07. The van der Waals surface area contributed by atoms with Crippen molar-refractivity contribution in [2.24, 2.45) is 0 Å². The van der Waals surface area contributed by atoms with Crippen LogP contribution in [0.4, 0.5) is 5.69 Å². The fourth-order valence-corrected chi connectivity index (χ4v) is 2.71. The summed E-state index contributed by atoms with van der Waals surface area (Å²) in [6, 6.07) is 10.4. The zero-order valence-corrected chi connectivity index (χ0v) is 14.2. The van der Waals surface area contributed by atoms with Crippen molar-refractivity contribution >= 4 is 23.2 Å². The molecule has 1 aromatic carbocycles. The molecule has 5 nitrogen and oxygen atoms in total. The number of rotatable bonds is 5. The van der Waals surface area contributed by atoms with Gasteiger partial charge in [0.2, 0.25) is 0 Å². The number of hydrogen-bond donors (Lipinski definition) is 1. The van der Waals surface area contributed by atoms with Gasteiger partial charge in [0.15, 0.2) is 0 Å². The Morgan fingerprint density at radius 1 is 1.42 bits per heavy atom. The van der Waals surface area contributed by atoms with Crippen LogP contribution in [0.15, 0.2) is 36.4 Å². The van der Waals surface area contributed by atoms with Crippen molar-refractivity contribution in [1.82, 2.24) is 4.98 Å². The van der Waals surface area contributed by atoms with E-state index >= 15 is 0 Å². The van der Waals surface area contributed by atoms with Gasteiger partial charge in [0.05, 0.1) is 11.8 Å². The van der Waals surface area contributed by atoms with Crippen molar-refractivity contribution in [3.05, 3.63) is 52.8 Å². The molecule has 0 aliphatic carbocycles. The maximum atomic E-state index is 12.4. The first-order valence-electron chi connectivity index (χ1n) is 7.91. The fourth-order valence-electron chi connectivity index (χ4n) is 2.54. The standard InChI is InChI=1S/C18H19ClN2O3/c1-12-4-2-6-15(20-12)18(22)21-16-10-13(19)7-8-17(16)24-11-14-5-3-9-23-14/h2,4,6-8,10,14H,3,5,9,11H2,1H3,(H,21,22). The Bertz CT molecular complexity index is 730. The number of nitrogens with one attached hydrogen (secondary N) is 1. The molecule has 1 fully saturated rings. The lowest BCUT2D eigenvalue weighted by Crippen LogP contribution is -2.18. The summed E-state index contributed by atoms with van der Waals surface area (Å²) in [5.74, 6) is 0.263. The molecular formula is C18H19ClN2O3. The third-order valence-electron chi connectivity index (χ3n) is 3.76. The molecule has 1 atom stereocenters. The number of aromatic nitrogens is 1. The lowest BCUT2D eigenvalue weighted by molar-refractivity contribution is 0.0682. The van der Waals surface area contributed by atoms with E-state index in [1.165, 1.54) is 0 Å². The van der Waals surface area contributed by atoms with Crippen molar-refractivity contribution < 1.29 is 14.3 Å². The Morgan fingerprint density at radius 3 is 3.04 bits per heavy atom. The number of benzene rings is 1. The molecule has 1 saturated heterocycles. The number of halogens is 1. The highest BCUT2D eigenvalue weighted by molar-refractivity contribution is 6.31. The van der Waals surface area contributed by atoms with Crippen molar-refractivity contribution in [2.45, 2.75) is 25.9 Å². The fraction of sp³-hybridized carbons (Fsp3) is 0.333. The molecule has 0 saturated carbocycles. The van der Waals surface area contributed by atoms with Crippen LogP contribution in [0.1, 0.15) is 29.0 Å². The minimum Gasteiger partial charge on any atom is -0.489 e. The maximum absolute atomic E-state index is 12.4. The molecule has 0 spiro atoms. The van der Waals surface area contributed by atoms with Crippen LogP contribution in [0.25, 0.3) is 0 Å². The summed E-state index contributed by atoms with van der Waals surface area (Å²) in [4.78, 5) is 16.6. The number of carbonyl (C=O) groups is 1. The average molecular weight is 347 g/mol. The van der Waals surface area contributed by atoms with E-state index in [0.29, 0.717) is 28.8 Å². The van der Waals surface area contributed by atoms with E-state index in [0.717, 1.165) is 25.1 Å². The van der Waals surface area contributed by atoms with Crippen molar-refractivity contribution in [2.75, 3.05) is 18.5 Å². The molecule has 24 heavy (non-hydrogen) atoms. The number of pyridine rings is 1. The van der Waals surface area contributed by atoms with Gasteiger partial charge in [-0.3, -0.25) is 4.79 Å². The molecule has 1 unspecified atom stereocenters. The molecule has 0 radical (unpaired) electrons. The number of anilines is 1. The monoisotopic (exact) mass is 346 g/mol. The Labute approximate surface area is 145 Å². The van der Waals surface area contributed by atoms with Crippen LogP contribution in [-0.4, -0.2) is 30.2 Å². The molecule has 0 bridgehead atoms. The molecule has 1 N–H and O–H groups in total. The second-order valence-electron chi connectivity index (χ2n) is 5.70. The Kier molecular flexibility index (Phi) is 5.33. The lowest BCUT2D eigenvalue weighted by Gasteiger charge is -2.15. The summed E-state index contributed by atoms with van der Waals surface area (Å²) in [7, 11) is 0. The molecule has 2 heterocycles. The number of amides is 1. The Balaban J connectivity index is 1.73. The quantitative estimate of drug-likeness (QED) is 0.893. The minimum absolute atomic E-state index is 0.0997. The van der Waals surface area contributed by atoms with Gasteiger partial charge in [-0.1, -0.05) is 17.7 Å². The summed E-state index contributed by atoms with van der Waals surface area (Å²) < 4.78 is 11.4. The predicted octanol–water partition coefficient (Wildman–Crippen LogP) is 3.85. The molecule has 1 aromatic heterocycles. The highest BCUT2D eigenvalue weighted by Crippen LogP contribution is 2.29. The second kappa shape index (κ2) is 7.64. The molecule has 3 rings (SSSR count). The van der Waals surface area contributed by atoms with Crippen molar-refractivity contribution in [3.8, 4) is 5.75 Å². The first-order chi connectivity index (χ1) is 11.6. The minimum atomic E-state index is -0.303. The number of carbonyl (C=O) groups excluding carboxylic acids is 1. The highest BCUT2D eigenvalue weighted by Gasteiger charge is 2.18. The first-order valence-corrected chi connectivity index (χ1v) is 8.28. The largest absolute Gasteiger partial charge is 0.489 e. The highest BCUT2D eigenvalue weighted by atomic mass is 35.5. The van der Waals surface area contributed by atoms with E-state index in [1.807, 2.05) is 13.0 Å². The van der Waals surface area contributed by atoms with Crippen LogP contribution >= 0.6 is 11.6 Å². The van der Waals surface area contributed by atoms with Crippen LogP contribution in [0, 0.1) is 6.92 Å². The summed E-state index contributed by atoms with van der Waals surface area (Å²) in [6.07, 6.45) is 2.14. The number of nitrogens with zero attached hydrogens (tertiary/aromatic N) is 1. The summed E-state index contributed by atoms with van der Waals surface area (Å²) in [5, 5.41) is 3.34. The van der Waals surface area contributed by atoms with E-state index in [4.69, 9.17) is 21.1 Å². The van der Waals surface area contributed by atoms with Gasteiger partial charge in [-0.15, -0.1) is 0 Å². The van der Waals surface area contributed by atoms with Gasteiger partial charge in [-0.25, -0.2) is 4.98 Å². The SMILES string of the molecule is Cc1cccc(C(=O)Nc2cc(Cl)ccc2OCC2CCCO2)n1. The smallest absolute Gasteiger partial charge is 0.274 e. The lowest BCUT2D eigenvalue weighted by atomic mass is 10.2. The topological polar surface area (TPSA) is 60.5 Å². The Morgan fingerprint density at radius 2 is 2.29 bits per heavy atom. The van der Waals surface area contributed by atoms with E-state index in [-0.39, 0.29) is 12.0 Å². The normalized spacial score (nSPS) is 16.8. The van der Waals surface area contributed by atoms with E-state index in [2.05, 4.69) is 10.3 Å². The molecule has 6 heteroatoms. The van der Waals surface area contributed by atoms with E-state index in [9.17, 15) is 4.79 Å². The summed E-state index contributed by atoms with van der Waals surface area (Å²) >= 11 is 6.05. The van der Waals surface area contributed by atoms with Gasteiger partial charge in [-0.05, 0) is 50.1 Å². The van der Waals surface area contributed by atoms with E-state index in [1.54, 1.807) is 30.3 Å². The molecule has 2 aromatic rings. The van der Waals surface area contributed by atoms with Gasteiger partial charge >= 0.3 is 0 Å². The maximum Gasteiger partial charge on any atom is 0.274 e. The van der Waals surface area contributed by atoms with Gasteiger partial charge in [-0.2, -0.15) is 0 Å². The molecule has 1 aliphatic rings. The Hall–Kier alpha value is -2.11. The molecular weight excluding hydrogens is 328 g/mol. The number of ether oxygens (including phenoxy) is 2. The second-order valence-corrected chi connectivity index (χ2v) is 6.14. The molecule has 1 amide bonds. The van der Waals surface area contributed by atoms with Crippen molar-refractivity contribution in [3.63, 3.8) is 0 Å². The van der Waals surface area contributed by atoms with Crippen LogP contribution in [0.3, 0.4) is 0 Å². The first kappa shape index (κ1) is 16.7. The molecule has 1 aliphatic heterocycles. The van der Waals surface area contributed by atoms with Gasteiger partial charge in [0, 0.05) is 17.3 Å². The zero-order valence-electron chi connectivity index (χ0n) is 13.4. The zero-order chi connectivity index (χ0) is 16.9. The van der Waals surface area contributed by atoms with Gasteiger partial charge in [0.25, 0.3) is 5.91 Å². The van der Waals surface area contributed by atoms with Gasteiger partial charge in [0.1, 0.15) is 18.1 Å². The van der Waals surface area contributed by atoms with Crippen LogP contribution in [-0.2, 0) is 4.74 Å². The third-order valence-corrected chi connectivity index (χ3v) is 3.99. The van der Waals surface area contributed by atoms with Crippen molar-refractivity contribution in [1.29, 1.82) is 0 Å². The van der Waals surface area contributed by atoms with Crippen LogP contribution < -0.4 is 10.1 Å².